The molecule has 0 fully saturated rings. The van der Waals surface area contributed by atoms with Gasteiger partial charge in [0.2, 0.25) is 0 Å². The van der Waals surface area contributed by atoms with Crippen molar-refractivity contribution in [3.8, 4) is 0 Å². The molecule has 5 heteroatoms. The van der Waals surface area contributed by atoms with E-state index in [1.807, 2.05) is 25.1 Å². The molecule has 86 valence electrons. The van der Waals surface area contributed by atoms with E-state index in [4.69, 9.17) is 0 Å². The van der Waals surface area contributed by atoms with Crippen molar-refractivity contribution in [2.75, 3.05) is 12.5 Å². The highest BCUT2D eigenvalue weighted by molar-refractivity contribution is 9.10. The summed E-state index contributed by atoms with van der Waals surface area (Å²) in [5.41, 5.74) is 4.99. The van der Waals surface area contributed by atoms with E-state index in [0.717, 1.165) is 15.7 Å². The second kappa shape index (κ2) is 5.65. The fourth-order valence-electron chi connectivity index (χ4n) is 1.09. The van der Waals surface area contributed by atoms with E-state index in [0.29, 0.717) is 0 Å². The Kier molecular flexibility index (Phi) is 4.49. The van der Waals surface area contributed by atoms with Crippen LogP contribution in [-0.2, 0) is 9.53 Å². The van der Waals surface area contributed by atoms with Gasteiger partial charge in [0, 0.05) is 4.47 Å². The summed E-state index contributed by atoms with van der Waals surface area (Å²) in [7, 11) is 1.33. The maximum Gasteiger partial charge on any atom is 0.353 e. The molecule has 0 saturated carbocycles. The van der Waals surface area contributed by atoms with E-state index in [-0.39, 0.29) is 5.71 Å². The smallest absolute Gasteiger partial charge is 0.353 e. The van der Waals surface area contributed by atoms with E-state index in [9.17, 15) is 4.79 Å². The van der Waals surface area contributed by atoms with Crippen LogP contribution in [-0.4, -0.2) is 18.8 Å². The number of esters is 1. The summed E-state index contributed by atoms with van der Waals surface area (Å²) >= 11 is 3.37. The average molecular weight is 285 g/mol. The first-order valence-corrected chi connectivity index (χ1v) is 5.48. The number of nitrogens with zero attached hydrogens (tertiary/aromatic N) is 1. The lowest BCUT2D eigenvalue weighted by Gasteiger charge is -2.06. The molecule has 16 heavy (non-hydrogen) atoms. The number of carbonyl (C=O) groups is 1. The third-order valence-corrected chi connectivity index (χ3v) is 2.51. The molecule has 0 aliphatic heterocycles. The number of hydrogen-bond acceptors (Lipinski definition) is 4. The van der Waals surface area contributed by atoms with Crippen LogP contribution in [0.1, 0.15) is 12.5 Å². The third-order valence-electron chi connectivity index (χ3n) is 2.01. The molecule has 1 aromatic rings. The van der Waals surface area contributed by atoms with E-state index in [1.165, 1.54) is 7.11 Å². The summed E-state index contributed by atoms with van der Waals surface area (Å²) in [4.78, 5) is 11.1. The Balaban J connectivity index is 2.78. The number of aryl methyl sites for hydroxylation is 1. The lowest BCUT2D eigenvalue weighted by atomic mass is 10.2. The van der Waals surface area contributed by atoms with Gasteiger partial charge in [0.15, 0.2) is 0 Å². The van der Waals surface area contributed by atoms with Gasteiger partial charge in [-0.15, -0.1) is 0 Å². The van der Waals surface area contributed by atoms with Crippen LogP contribution in [0.5, 0.6) is 0 Å². The normalized spacial score (nSPS) is 11.1. The van der Waals surface area contributed by atoms with Crippen molar-refractivity contribution >= 4 is 33.3 Å². The van der Waals surface area contributed by atoms with Gasteiger partial charge in [0.25, 0.3) is 0 Å². The highest BCUT2D eigenvalue weighted by atomic mass is 79.9. The molecule has 0 radical (unpaired) electrons. The second-order valence-electron chi connectivity index (χ2n) is 3.26. The fourth-order valence-corrected chi connectivity index (χ4v) is 1.57. The van der Waals surface area contributed by atoms with Crippen molar-refractivity contribution in [3.05, 3.63) is 28.2 Å². The summed E-state index contributed by atoms with van der Waals surface area (Å²) in [5.74, 6) is -0.442. The van der Waals surface area contributed by atoms with Crippen LogP contribution in [0.15, 0.2) is 27.8 Å². The van der Waals surface area contributed by atoms with Crippen LogP contribution in [0.3, 0.4) is 0 Å². The van der Waals surface area contributed by atoms with Crippen molar-refractivity contribution < 1.29 is 9.53 Å². The maximum atomic E-state index is 11.1. The molecule has 0 amide bonds. The minimum atomic E-state index is -0.442. The first-order chi connectivity index (χ1) is 7.54. The SMILES string of the molecule is COC(=O)/C(C)=N/Nc1ccc(Br)cc1C. The van der Waals surface area contributed by atoms with Gasteiger partial charge < -0.3 is 4.74 Å². The van der Waals surface area contributed by atoms with Crippen molar-refractivity contribution in [1.82, 2.24) is 0 Å². The molecule has 0 spiro atoms. The molecular weight excluding hydrogens is 272 g/mol. The molecular formula is C11H13BrN2O2. The zero-order valence-electron chi connectivity index (χ0n) is 9.37. The number of anilines is 1. The van der Waals surface area contributed by atoms with Crippen LogP contribution >= 0.6 is 15.9 Å². The summed E-state index contributed by atoms with van der Waals surface area (Å²) in [6.07, 6.45) is 0. The summed E-state index contributed by atoms with van der Waals surface area (Å²) in [6.45, 7) is 3.54. The van der Waals surface area contributed by atoms with Gasteiger partial charge in [-0.25, -0.2) is 4.79 Å². The molecule has 1 aromatic carbocycles. The number of hydrazone groups is 1. The monoisotopic (exact) mass is 284 g/mol. The predicted octanol–water partition coefficient (Wildman–Crippen LogP) is 2.72. The highest BCUT2D eigenvalue weighted by Crippen LogP contribution is 2.19. The van der Waals surface area contributed by atoms with Gasteiger partial charge in [-0.3, -0.25) is 5.43 Å². The Morgan fingerprint density at radius 3 is 2.75 bits per heavy atom. The third kappa shape index (κ3) is 3.34. The average Bonchev–Trinajstić information content (AvgIpc) is 2.26. The molecule has 1 rings (SSSR count). The minimum Gasteiger partial charge on any atom is -0.464 e. The highest BCUT2D eigenvalue weighted by Gasteiger charge is 2.04. The molecule has 0 aromatic heterocycles. The lowest BCUT2D eigenvalue weighted by Crippen LogP contribution is -2.13. The lowest BCUT2D eigenvalue weighted by molar-refractivity contribution is -0.132. The molecule has 0 saturated heterocycles. The molecule has 0 bridgehead atoms. The number of nitrogens with one attached hydrogen (secondary N) is 1. The number of halogens is 1. The Hall–Kier alpha value is -1.36. The Labute approximate surface area is 103 Å². The molecule has 0 unspecified atom stereocenters. The van der Waals surface area contributed by atoms with Crippen molar-refractivity contribution in [1.29, 1.82) is 0 Å². The number of rotatable bonds is 3. The molecule has 0 aliphatic rings. The zero-order valence-corrected chi connectivity index (χ0v) is 11.0. The predicted molar refractivity (Wildman–Crippen MR) is 67.6 cm³/mol. The van der Waals surface area contributed by atoms with Crippen LogP contribution in [0, 0.1) is 6.92 Å². The van der Waals surface area contributed by atoms with E-state index < -0.39 is 5.97 Å². The number of carbonyl (C=O) groups excluding carboxylic acids is 1. The van der Waals surface area contributed by atoms with Crippen LogP contribution in [0.25, 0.3) is 0 Å². The topological polar surface area (TPSA) is 50.7 Å². The van der Waals surface area contributed by atoms with Gasteiger partial charge in [-0.05, 0) is 37.6 Å². The van der Waals surface area contributed by atoms with E-state index in [1.54, 1.807) is 6.92 Å². The van der Waals surface area contributed by atoms with Crippen molar-refractivity contribution in [2.45, 2.75) is 13.8 Å². The number of benzene rings is 1. The molecule has 4 nitrogen and oxygen atoms in total. The van der Waals surface area contributed by atoms with Gasteiger partial charge >= 0.3 is 5.97 Å². The van der Waals surface area contributed by atoms with Gasteiger partial charge in [0.05, 0.1) is 12.8 Å². The minimum absolute atomic E-state index is 0.282. The largest absolute Gasteiger partial charge is 0.464 e. The molecule has 0 atom stereocenters. The molecule has 1 N–H and O–H groups in total. The van der Waals surface area contributed by atoms with Crippen LogP contribution in [0.2, 0.25) is 0 Å². The standard InChI is InChI=1S/C11H13BrN2O2/c1-7-6-9(12)4-5-10(7)14-13-8(2)11(15)16-3/h4-6,14H,1-3H3/b13-8+. The van der Waals surface area contributed by atoms with E-state index in [2.05, 4.69) is 31.2 Å². The van der Waals surface area contributed by atoms with E-state index >= 15 is 0 Å². The zero-order chi connectivity index (χ0) is 12.1. The van der Waals surface area contributed by atoms with Gasteiger partial charge in [-0.1, -0.05) is 15.9 Å². The quantitative estimate of drug-likeness (QED) is 0.528. The van der Waals surface area contributed by atoms with Crippen LogP contribution < -0.4 is 5.43 Å². The number of ether oxygens (including phenoxy) is 1. The summed E-state index contributed by atoms with van der Waals surface area (Å²) in [5, 5.41) is 3.93. The molecule has 0 heterocycles. The van der Waals surface area contributed by atoms with Crippen molar-refractivity contribution in [3.63, 3.8) is 0 Å². The molecule has 0 aliphatic carbocycles. The van der Waals surface area contributed by atoms with Crippen molar-refractivity contribution in [2.24, 2.45) is 5.10 Å². The maximum absolute atomic E-state index is 11.1. The number of hydrogen-bond donors (Lipinski definition) is 1. The number of methoxy groups -OCH3 is 1. The summed E-state index contributed by atoms with van der Waals surface area (Å²) in [6, 6.07) is 5.75. The Morgan fingerprint density at radius 2 is 2.19 bits per heavy atom. The Morgan fingerprint density at radius 1 is 1.50 bits per heavy atom. The first kappa shape index (κ1) is 12.7. The fraction of sp³-hybridized carbons (Fsp3) is 0.273. The van der Waals surface area contributed by atoms with Crippen LogP contribution in [0.4, 0.5) is 5.69 Å². The van der Waals surface area contributed by atoms with Gasteiger partial charge in [0.1, 0.15) is 5.71 Å². The summed E-state index contributed by atoms with van der Waals surface area (Å²) < 4.78 is 5.54. The van der Waals surface area contributed by atoms with Gasteiger partial charge in [-0.2, -0.15) is 5.10 Å². The first-order valence-electron chi connectivity index (χ1n) is 4.69. The second-order valence-corrected chi connectivity index (χ2v) is 4.18. The Bertz CT molecular complexity index is 430.